The Kier molecular flexibility index (Phi) is 5.77. The fourth-order valence-corrected chi connectivity index (χ4v) is 0.432. The molecule has 3 nitrogen and oxygen atoms in total. The first-order valence-electron chi connectivity index (χ1n) is 3.19. The van der Waals surface area contributed by atoms with Crippen LogP contribution in [0.25, 0.3) is 0 Å². The third-order valence-corrected chi connectivity index (χ3v) is 0.875. The number of carbonyl (C=O) groups is 1. The largest absolute Gasteiger partial charge is 0.463 e. The lowest BCUT2D eigenvalue weighted by atomic mass is 10.4. The van der Waals surface area contributed by atoms with Gasteiger partial charge in [-0.3, -0.25) is 4.79 Å². The number of carbonyl (C=O) groups excluding carboxylic acids is 1. The Hall–Kier alpha value is -0.830. The summed E-state index contributed by atoms with van der Waals surface area (Å²) in [6, 6.07) is 0. The van der Waals surface area contributed by atoms with Gasteiger partial charge in [0.15, 0.2) is 0 Å². The van der Waals surface area contributed by atoms with E-state index in [-0.39, 0.29) is 25.6 Å². The summed E-state index contributed by atoms with van der Waals surface area (Å²) < 4.78 is 4.55. The van der Waals surface area contributed by atoms with Crippen LogP contribution in [-0.2, 0) is 9.53 Å². The van der Waals surface area contributed by atoms with Crippen molar-refractivity contribution in [2.24, 2.45) is 0 Å². The smallest absolute Gasteiger partial charge is 0.309 e. The lowest BCUT2D eigenvalue weighted by Gasteiger charge is -1.97. The quantitative estimate of drug-likeness (QED) is 0.461. The van der Waals surface area contributed by atoms with E-state index in [0.717, 1.165) is 0 Å². The summed E-state index contributed by atoms with van der Waals surface area (Å²) in [4.78, 5) is 10.6. The molecule has 3 heteroatoms. The Labute approximate surface area is 60.3 Å². The highest BCUT2D eigenvalue weighted by atomic mass is 16.5. The predicted octanol–water partition coefficient (Wildman–Crippen LogP) is 0.488. The SMILES string of the molecule is CC=CCC(=O)OCCO. The van der Waals surface area contributed by atoms with Gasteiger partial charge in [0.2, 0.25) is 0 Å². The lowest BCUT2D eigenvalue weighted by Crippen LogP contribution is -2.06. The first-order chi connectivity index (χ1) is 4.81. The molecule has 0 rings (SSSR count). The summed E-state index contributed by atoms with van der Waals surface area (Å²) in [5.41, 5.74) is 0. The second-order valence-electron chi connectivity index (χ2n) is 1.72. The van der Waals surface area contributed by atoms with E-state index in [9.17, 15) is 4.79 Å². The van der Waals surface area contributed by atoms with Gasteiger partial charge in [-0.1, -0.05) is 12.2 Å². The van der Waals surface area contributed by atoms with Gasteiger partial charge < -0.3 is 9.84 Å². The van der Waals surface area contributed by atoms with Crippen molar-refractivity contribution < 1.29 is 14.6 Å². The van der Waals surface area contributed by atoms with Crippen LogP contribution in [0.15, 0.2) is 12.2 Å². The molecule has 0 spiro atoms. The maximum Gasteiger partial charge on any atom is 0.309 e. The van der Waals surface area contributed by atoms with Gasteiger partial charge in [-0.2, -0.15) is 0 Å². The highest BCUT2D eigenvalue weighted by molar-refractivity contribution is 5.71. The molecule has 0 amide bonds. The molecule has 0 aromatic carbocycles. The number of aliphatic hydroxyl groups is 1. The Morgan fingerprint density at radius 2 is 2.40 bits per heavy atom. The van der Waals surface area contributed by atoms with Gasteiger partial charge in [0.1, 0.15) is 6.61 Å². The zero-order valence-corrected chi connectivity index (χ0v) is 6.04. The van der Waals surface area contributed by atoms with E-state index in [0.29, 0.717) is 0 Å². The molecule has 0 aliphatic rings. The minimum Gasteiger partial charge on any atom is -0.463 e. The number of rotatable bonds is 4. The van der Waals surface area contributed by atoms with E-state index >= 15 is 0 Å². The molecule has 0 aliphatic heterocycles. The number of allylic oxidation sites excluding steroid dienone is 1. The first-order valence-corrected chi connectivity index (χ1v) is 3.19. The highest BCUT2D eigenvalue weighted by Crippen LogP contribution is 1.87. The van der Waals surface area contributed by atoms with Gasteiger partial charge in [0, 0.05) is 0 Å². The summed E-state index contributed by atoms with van der Waals surface area (Å²) in [7, 11) is 0. The van der Waals surface area contributed by atoms with E-state index in [4.69, 9.17) is 5.11 Å². The molecule has 1 N–H and O–H groups in total. The number of hydrogen-bond donors (Lipinski definition) is 1. The molecular weight excluding hydrogens is 132 g/mol. The van der Waals surface area contributed by atoms with E-state index in [2.05, 4.69) is 4.74 Å². The monoisotopic (exact) mass is 144 g/mol. The summed E-state index contributed by atoms with van der Waals surface area (Å²) >= 11 is 0. The Morgan fingerprint density at radius 1 is 1.70 bits per heavy atom. The van der Waals surface area contributed by atoms with Crippen molar-refractivity contribution in [1.29, 1.82) is 0 Å². The molecule has 0 saturated carbocycles. The second kappa shape index (κ2) is 6.29. The first kappa shape index (κ1) is 9.17. The summed E-state index contributed by atoms with van der Waals surface area (Å²) in [5.74, 6) is -0.299. The topological polar surface area (TPSA) is 46.5 Å². The van der Waals surface area contributed by atoms with Crippen LogP contribution >= 0.6 is 0 Å². The fourth-order valence-electron chi connectivity index (χ4n) is 0.432. The minimum atomic E-state index is -0.299. The molecule has 0 fully saturated rings. The van der Waals surface area contributed by atoms with Gasteiger partial charge in [-0.05, 0) is 6.92 Å². The number of aliphatic hydroxyl groups excluding tert-OH is 1. The normalized spacial score (nSPS) is 10.2. The lowest BCUT2D eigenvalue weighted by molar-refractivity contribution is -0.143. The zero-order chi connectivity index (χ0) is 7.82. The fraction of sp³-hybridized carbons (Fsp3) is 0.571. The van der Waals surface area contributed by atoms with Crippen molar-refractivity contribution in [3.63, 3.8) is 0 Å². The van der Waals surface area contributed by atoms with Gasteiger partial charge >= 0.3 is 5.97 Å². The second-order valence-corrected chi connectivity index (χ2v) is 1.72. The molecule has 58 valence electrons. The van der Waals surface area contributed by atoms with Crippen molar-refractivity contribution in [3.05, 3.63) is 12.2 Å². The summed E-state index contributed by atoms with van der Waals surface area (Å²) in [6.45, 7) is 1.82. The van der Waals surface area contributed by atoms with Crippen LogP contribution in [-0.4, -0.2) is 24.3 Å². The zero-order valence-electron chi connectivity index (χ0n) is 6.04. The van der Waals surface area contributed by atoms with Crippen LogP contribution < -0.4 is 0 Å². The molecule has 0 unspecified atom stereocenters. The van der Waals surface area contributed by atoms with Crippen LogP contribution in [0, 0.1) is 0 Å². The molecule has 10 heavy (non-hydrogen) atoms. The van der Waals surface area contributed by atoms with Crippen LogP contribution in [0.5, 0.6) is 0 Å². The number of ether oxygens (including phenoxy) is 1. The average Bonchev–Trinajstić information content (AvgIpc) is 1.97. The number of hydrogen-bond acceptors (Lipinski definition) is 3. The average molecular weight is 144 g/mol. The molecule has 0 aromatic heterocycles. The maximum absolute atomic E-state index is 10.6. The highest BCUT2D eigenvalue weighted by Gasteiger charge is 1.96. The minimum absolute atomic E-state index is 0.0936. The summed E-state index contributed by atoms with van der Waals surface area (Å²) in [5, 5.41) is 8.25. The molecule has 0 saturated heterocycles. The van der Waals surface area contributed by atoms with Crippen molar-refractivity contribution in [1.82, 2.24) is 0 Å². The summed E-state index contributed by atoms with van der Waals surface area (Å²) in [6.07, 6.45) is 3.77. The Balaban J connectivity index is 3.25. The van der Waals surface area contributed by atoms with Gasteiger partial charge in [0.05, 0.1) is 13.0 Å². The molecular formula is C7H12O3. The van der Waals surface area contributed by atoms with E-state index in [1.54, 1.807) is 12.2 Å². The third-order valence-electron chi connectivity index (χ3n) is 0.875. The van der Waals surface area contributed by atoms with Crippen molar-refractivity contribution >= 4 is 5.97 Å². The third kappa shape index (κ3) is 5.31. The van der Waals surface area contributed by atoms with E-state index < -0.39 is 0 Å². The van der Waals surface area contributed by atoms with Gasteiger partial charge in [-0.15, -0.1) is 0 Å². The van der Waals surface area contributed by atoms with Gasteiger partial charge in [0.25, 0.3) is 0 Å². The predicted molar refractivity (Wildman–Crippen MR) is 37.5 cm³/mol. The van der Waals surface area contributed by atoms with Crippen LogP contribution in [0.3, 0.4) is 0 Å². The van der Waals surface area contributed by atoms with Crippen molar-refractivity contribution in [3.8, 4) is 0 Å². The van der Waals surface area contributed by atoms with Crippen molar-refractivity contribution in [2.75, 3.05) is 13.2 Å². The molecule has 0 heterocycles. The number of esters is 1. The standard InChI is InChI=1S/C7H12O3/c1-2-3-4-7(9)10-6-5-8/h2-3,8H,4-6H2,1H3. The van der Waals surface area contributed by atoms with Crippen LogP contribution in [0.4, 0.5) is 0 Å². The molecule has 0 atom stereocenters. The molecule has 0 radical (unpaired) electrons. The van der Waals surface area contributed by atoms with Crippen LogP contribution in [0.1, 0.15) is 13.3 Å². The Morgan fingerprint density at radius 3 is 2.90 bits per heavy atom. The van der Waals surface area contributed by atoms with E-state index in [1.807, 2.05) is 6.92 Å². The molecule has 0 aromatic rings. The van der Waals surface area contributed by atoms with E-state index in [1.165, 1.54) is 0 Å². The van der Waals surface area contributed by atoms with Crippen molar-refractivity contribution in [2.45, 2.75) is 13.3 Å². The molecule has 0 bridgehead atoms. The van der Waals surface area contributed by atoms with Gasteiger partial charge in [-0.25, -0.2) is 0 Å². The van der Waals surface area contributed by atoms with Crippen LogP contribution in [0.2, 0.25) is 0 Å². The maximum atomic E-state index is 10.6. The molecule has 0 aliphatic carbocycles. The Bertz CT molecular complexity index is 118.